The molecule has 1 aromatic heterocycles. The van der Waals surface area contributed by atoms with Crippen molar-refractivity contribution in [2.75, 3.05) is 13.1 Å². The van der Waals surface area contributed by atoms with Gasteiger partial charge >= 0.3 is 12.1 Å². The van der Waals surface area contributed by atoms with Crippen molar-refractivity contribution < 1.29 is 24.0 Å². The van der Waals surface area contributed by atoms with Crippen molar-refractivity contribution in [2.24, 2.45) is 0 Å². The zero-order valence-electron chi connectivity index (χ0n) is 23.9. The molecule has 1 atom stereocenters. The molecule has 1 aromatic carbocycles. The summed E-state index contributed by atoms with van der Waals surface area (Å²) in [5.74, 6) is -0.0165. The molecule has 0 bridgehead atoms. The lowest BCUT2D eigenvalue weighted by Gasteiger charge is -2.34. The highest BCUT2D eigenvalue weighted by molar-refractivity contribution is 5.82. The summed E-state index contributed by atoms with van der Waals surface area (Å²) in [6.45, 7) is 8.53. The van der Waals surface area contributed by atoms with Gasteiger partial charge in [-0.3, -0.25) is 5.32 Å². The van der Waals surface area contributed by atoms with Gasteiger partial charge in [0.25, 0.3) is 0 Å². The van der Waals surface area contributed by atoms with Crippen molar-refractivity contribution in [1.29, 1.82) is 0 Å². The second-order valence-corrected chi connectivity index (χ2v) is 11.3. The Bertz CT molecular complexity index is 1090. The predicted octanol–water partition coefficient (Wildman–Crippen LogP) is 6.66. The Kier molecular flexibility index (Phi) is 11.4. The van der Waals surface area contributed by atoms with Crippen molar-refractivity contribution in [1.82, 2.24) is 20.4 Å². The van der Waals surface area contributed by atoms with Gasteiger partial charge in [0.05, 0.1) is 12.0 Å². The van der Waals surface area contributed by atoms with E-state index in [1.54, 1.807) is 20.8 Å². The summed E-state index contributed by atoms with van der Waals surface area (Å²) in [6.07, 6.45) is 12.1. The molecule has 3 rings (SSSR count). The number of rotatable bonds is 13. The van der Waals surface area contributed by atoms with Gasteiger partial charge in [0.15, 0.2) is 0 Å². The zero-order chi connectivity index (χ0) is 28.3. The first-order chi connectivity index (χ1) is 18.6. The van der Waals surface area contributed by atoms with Gasteiger partial charge in [-0.1, -0.05) is 74.9 Å². The second-order valence-electron chi connectivity index (χ2n) is 11.3. The Labute approximate surface area is 232 Å². The smallest absolute Gasteiger partial charge is 0.413 e. The number of likely N-dealkylation sites (tertiary alicyclic amines) is 1. The Morgan fingerprint density at radius 1 is 1.13 bits per heavy atom. The minimum Gasteiger partial charge on any atom is -0.478 e. The van der Waals surface area contributed by atoms with E-state index in [-0.39, 0.29) is 11.7 Å². The first kappa shape index (κ1) is 30.2. The van der Waals surface area contributed by atoms with E-state index < -0.39 is 17.7 Å². The van der Waals surface area contributed by atoms with Gasteiger partial charge in [0.1, 0.15) is 11.4 Å². The van der Waals surface area contributed by atoms with Crippen LogP contribution >= 0.6 is 0 Å². The van der Waals surface area contributed by atoms with Crippen molar-refractivity contribution >= 4 is 12.1 Å². The number of nitrogens with zero attached hydrogens (tertiary/aromatic N) is 3. The van der Waals surface area contributed by atoms with Gasteiger partial charge in [-0.2, -0.15) is 4.98 Å². The molecule has 1 aliphatic heterocycles. The molecule has 1 fully saturated rings. The van der Waals surface area contributed by atoms with Crippen LogP contribution in [0.5, 0.6) is 0 Å². The Balaban J connectivity index is 1.57. The maximum atomic E-state index is 12.3. The number of carboxylic acids is 1. The fraction of sp³-hybridized carbons (Fsp3) is 0.600. The predicted molar refractivity (Wildman–Crippen MR) is 150 cm³/mol. The number of aliphatic carboxylic acids is 1. The fourth-order valence-corrected chi connectivity index (χ4v) is 4.75. The van der Waals surface area contributed by atoms with Crippen LogP contribution in [0.4, 0.5) is 4.79 Å². The third-order valence-corrected chi connectivity index (χ3v) is 6.72. The number of carbonyl (C=O) groups is 2. The van der Waals surface area contributed by atoms with Gasteiger partial charge in [-0.25, -0.2) is 9.59 Å². The molecule has 9 nitrogen and oxygen atoms in total. The number of carbonyl (C=O) groups excluding carboxylic acids is 1. The molecule has 1 amide bonds. The highest BCUT2D eigenvalue weighted by Crippen LogP contribution is 2.29. The normalized spacial score (nSPS) is 16.3. The number of carboxylic acid groups (broad SMARTS) is 1. The molecular formula is C30H44N4O5. The number of piperidine rings is 1. The third kappa shape index (κ3) is 10.4. The zero-order valence-corrected chi connectivity index (χ0v) is 23.9. The molecule has 0 unspecified atom stereocenters. The molecule has 2 aromatic rings. The molecular weight excluding hydrogens is 496 g/mol. The fourth-order valence-electron chi connectivity index (χ4n) is 4.75. The number of ether oxygens (including phenoxy) is 1. The lowest BCUT2D eigenvalue weighted by molar-refractivity contribution is -0.131. The largest absolute Gasteiger partial charge is 0.478 e. The number of aromatic nitrogens is 2. The summed E-state index contributed by atoms with van der Waals surface area (Å²) in [7, 11) is 0. The van der Waals surface area contributed by atoms with Crippen LogP contribution in [0.15, 0.2) is 40.7 Å². The lowest BCUT2D eigenvalue weighted by atomic mass is 9.98. The van der Waals surface area contributed by atoms with E-state index in [1.165, 1.54) is 50.5 Å². The quantitative estimate of drug-likeness (QED) is 0.214. The summed E-state index contributed by atoms with van der Waals surface area (Å²) in [6, 6.07) is 8.35. The van der Waals surface area contributed by atoms with Crippen LogP contribution in [0.1, 0.15) is 103 Å². The molecule has 214 valence electrons. The second kappa shape index (κ2) is 14.7. The first-order valence-electron chi connectivity index (χ1n) is 14.3. The van der Waals surface area contributed by atoms with Crippen LogP contribution in [0.25, 0.3) is 11.4 Å². The van der Waals surface area contributed by atoms with E-state index >= 15 is 0 Å². The van der Waals surface area contributed by atoms with Crippen molar-refractivity contribution in [3.05, 3.63) is 47.6 Å². The Hall–Kier alpha value is -3.36. The molecule has 39 heavy (non-hydrogen) atoms. The number of alkyl carbamates (subject to hydrolysis) is 1. The summed E-state index contributed by atoms with van der Waals surface area (Å²) in [4.78, 5) is 30.2. The van der Waals surface area contributed by atoms with Crippen LogP contribution in [0.3, 0.4) is 0 Å². The van der Waals surface area contributed by atoms with E-state index in [4.69, 9.17) is 9.26 Å². The number of aryl methyl sites for hydroxylation is 1. The van der Waals surface area contributed by atoms with Gasteiger partial charge in [0, 0.05) is 18.7 Å². The summed E-state index contributed by atoms with van der Waals surface area (Å²) < 4.78 is 10.9. The van der Waals surface area contributed by atoms with E-state index in [0.717, 1.165) is 30.9 Å². The minimum atomic E-state index is -1.15. The Morgan fingerprint density at radius 2 is 1.82 bits per heavy atom. The summed E-state index contributed by atoms with van der Waals surface area (Å²) in [5, 5.41) is 16.2. The Morgan fingerprint density at radius 3 is 2.49 bits per heavy atom. The van der Waals surface area contributed by atoms with Crippen LogP contribution in [0.2, 0.25) is 0 Å². The summed E-state index contributed by atoms with van der Waals surface area (Å²) >= 11 is 0. The van der Waals surface area contributed by atoms with Crippen LogP contribution in [-0.4, -0.2) is 50.9 Å². The standard InChI is InChI=1S/C30H44N4O5/c1-5-6-7-8-9-10-11-13-22-15-17-23(18-16-22)27-32-28(39-33-27)24-14-12-19-34(21-24)25(20-26(35)36)31-29(37)38-30(2,3)4/h15-18,20,24H,5-14,19,21H2,1-4H3,(H,31,37)(H,35,36)/b25-20-/t24-/m1/s1. The van der Waals surface area contributed by atoms with E-state index in [9.17, 15) is 14.7 Å². The molecule has 0 spiro atoms. The molecule has 2 N–H and O–H groups in total. The number of hydrogen-bond acceptors (Lipinski definition) is 7. The highest BCUT2D eigenvalue weighted by atomic mass is 16.6. The SMILES string of the molecule is CCCCCCCCCc1ccc(-c2noc([C@@H]3CCCN(/C(=C\C(=O)O)NC(=O)OC(C)(C)C)C3)n2)cc1. The van der Waals surface area contributed by atoms with E-state index in [0.29, 0.717) is 24.8 Å². The number of unbranched alkanes of at least 4 members (excludes halogenated alkanes) is 6. The van der Waals surface area contributed by atoms with Crippen LogP contribution < -0.4 is 5.32 Å². The molecule has 0 aliphatic carbocycles. The number of amides is 1. The van der Waals surface area contributed by atoms with Crippen molar-refractivity contribution in [2.45, 2.75) is 103 Å². The van der Waals surface area contributed by atoms with Crippen molar-refractivity contribution in [3.63, 3.8) is 0 Å². The topological polar surface area (TPSA) is 118 Å². The van der Waals surface area contributed by atoms with Gasteiger partial charge in [0.2, 0.25) is 11.7 Å². The average molecular weight is 541 g/mol. The number of benzene rings is 1. The highest BCUT2D eigenvalue weighted by Gasteiger charge is 2.29. The van der Waals surface area contributed by atoms with Crippen molar-refractivity contribution in [3.8, 4) is 11.4 Å². The molecule has 0 radical (unpaired) electrons. The van der Waals surface area contributed by atoms with Gasteiger partial charge in [-0.05, 0) is 52.0 Å². The molecule has 1 aliphatic rings. The monoisotopic (exact) mass is 540 g/mol. The number of hydrogen-bond donors (Lipinski definition) is 2. The van der Waals surface area contributed by atoms with E-state index in [1.807, 2.05) is 17.0 Å². The minimum absolute atomic E-state index is 0.0887. The molecule has 0 saturated carbocycles. The first-order valence-corrected chi connectivity index (χ1v) is 14.3. The van der Waals surface area contributed by atoms with Gasteiger partial charge < -0.3 is 19.3 Å². The average Bonchev–Trinajstić information content (AvgIpc) is 3.37. The van der Waals surface area contributed by atoms with Gasteiger partial charge in [-0.15, -0.1) is 0 Å². The maximum Gasteiger partial charge on any atom is 0.413 e. The summed E-state index contributed by atoms with van der Waals surface area (Å²) in [5.41, 5.74) is 1.52. The third-order valence-electron chi connectivity index (χ3n) is 6.72. The van der Waals surface area contributed by atoms with Crippen LogP contribution in [0, 0.1) is 0 Å². The maximum absolute atomic E-state index is 12.3. The lowest BCUT2D eigenvalue weighted by Crippen LogP contribution is -2.42. The molecule has 1 saturated heterocycles. The molecule has 9 heteroatoms. The van der Waals surface area contributed by atoms with E-state index in [2.05, 4.69) is 34.5 Å². The van der Waals surface area contributed by atoms with Crippen LogP contribution in [-0.2, 0) is 16.0 Å². The number of nitrogens with one attached hydrogen (secondary N) is 1. The molecule has 2 heterocycles.